The lowest BCUT2D eigenvalue weighted by Gasteiger charge is -2.16. The SMILES string of the molecule is Nc1c(C(=O)NCC(=O)O)sc2nc3c(c(C(F)(F)F)c12)CCCCC3. The van der Waals surface area contributed by atoms with E-state index in [2.05, 4.69) is 10.3 Å². The number of hydrogen-bond donors (Lipinski definition) is 3. The quantitative estimate of drug-likeness (QED) is 0.702. The standard InChI is InChI=1S/C16H16F3N3O3S/c17-16(18,19)11-7-4-2-1-3-5-8(7)22-15-10(11)12(20)13(26-15)14(25)21-6-9(23)24/h1-6,20H2,(H,21,25)(H,23,24). The van der Waals surface area contributed by atoms with Gasteiger partial charge in [-0.3, -0.25) is 9.59 Å². The van der Waals surface area contributed by atoms with Crippen LogP contribution in [0.5, 0.6) is 0 Å². The van der Waals surface area contributed by atoms with Crippen molar-refractivity contribution in [3.8, 4) is 0 Å². The maximum Gasteiger partial charge on any atom is 0.417 e. The number of thiophene rings is 1. The molecule has 0 saturated heterocycles. The number of carboxylic acids is 1. The van der Waals surface area contributed by atoms with E-state index in [1.807, 2.05) is 0 Å². The van der Waals surface area contributed by atoms with Crippen molar-refractivity contribution in [1.29, 1.82) is 0 Å². The number of aromatic nitrogens is 1. The minimum Gasteiger partial charge on any atom is -0.480 e. The molecule has 26 heavy (non-hydrogen) atoms. The topological polar surface area (TPSA) is 105 Å². The van der Waals surface area contributed by atoms with Crippen molar-refractivity contribution in [1.82, 2.24) is 10.3 Å². The minimum absolute atomic E-state index is 0.0518. The number of aliphatic carboxylic acids is 1. The first-order valence-electron chi connectivity index (χ1n) is 8.01. The summed E-state index contributed by atoms with van der Waals surface area (Å²) >= 11 is 0.752. The van der Waals surface area contributed by atoms with Crippen molar-refractivity contribution in [2.75, 3.05) is 12.3 Å². The summed E-state index contributed by atoms with van der Waals surface area (Å²) in [5.74, 6) is -2.09. The number of hydrogen-bond acceptors (Lipinski definition) is 5. The number of nitrogen functional groups attached to an aromatic ring is 1. The van der Waals surface area contributed by atoms with E-state index in [4.69, 9.17) is 10.8 Å². The third-order valence-corrected chi connectivity index (χ3v) is 5.39. The van der Waals surface area contributed by atoms with Gasteiger partial charge < -0.3 is 16.2 Å². The van der Waals surface area contributed by atoms with Gasteiger partial charge in [0.05, 0.1) is 11.3 Å². The number of anilines is 1. The molecule has 140 valence electrons. The van der Waals surface area contributed by atoms with Crippen LogP contribution in [0, 0.1) is 0 Å². The number of fused-ring (bicyclic) bond motifs is 2. The van der Waals surface area contributed by atoms with Gasteiger partial charge in [-0.25, -0.2) is 4.98 Å². The van der Waals surface area contributed by atoms with Gasteiger partial charge in [-0.1, -0.05) is 6.42 Å². The Kier molecular flexibility index (Phi) is 4.78. The molecular weight excluding hydrogens is 371 g/mol. The third-order valence-electron chi connectivity index (χ3n) is 4.29. The highest BCUT2D eigenvalue weighted by molar-refractivity contribution is 7.21. The van der Waals surface area contributed by atoms with Gasteiger partial charge in [0.25, 0.3) is 5.91 Å². The Morgan fingerprint density at radius 1 is 1.23 bits per heavy atom. The van der Waals surface area contributed by atoms with E-state index < -0.39 is 30.2 Å². The Bertz CT molecular complexity index is 892. The van der Waals surface area contributed by atoms with Crippen LogP contribution in [-0.4, -0.2) is 28.5 Å². The van der Waals surface area contributed by atoms with Gasteiger partial charge in [-0.15, -0.1) is 11.3 Å². The molecule has 0 aliphatic heterocycles. The molecule has 6 nitrogen and oxygen atoms in total. The van der Waals surface area contributed by atoms with Crippen molar-refractivity contribution in [3.05, 3.63) is 21.7 Å². The molecule has 0 aromatic carbocycles. The number of carbonyl (C=O) groups excluding carboxylic acids is 1. The van der Waals surface area contributed by atoms with Crippen LogP contribution in [0.15, 0.2) is 0 Å². The molecule has 2 aromatic heterocycles. The lowest BCUT2D eigenvalue weighted by atomic mass is 9.98. The lowest BCUT2D eigenvalue weighted by Crippen LogP contribution is -2.29. The van der Waals surface area contributed by atoms with Gasteiger partial charge >= 0.3 is 12.1 Å². The van der Waals surface area contributed by atoms with Crippen molar-refractivity contribution in [3.63, 3.8) is 0 Å². The number of rotatable bonds is 3. The fourth-order valence-electron chi connectivity index (χ4n) is 3.20. The molecule has 0 radical (unpaired) electrons. The lowest BCUT2D eigenvalue weighted by molar-refractivity contribution is -0.137. The van der Waals surface area contributed by atoms with Crippen LogP contribution < -0.4 is 11.1 Å². The molecule has 2 heterocycles. The van der Waals surface area contributed by atoms with Crippen LogP contribution in [-0.2, 0) is 23.8 Å². The van der Waals surface area contributed by atoms with E-state index in [0.29, 0.717) is 18.5 Å². The molecule has 0 saturated carbocycles. The second kappa shape index (κ2) is 6.75. The maximum absolute atomic E-state index is 13.8. The average Bonchev–Trinajstić information content (AvgIpc) is 2.72. The number of nitrogens with zero attached hydrogens (tertiary/aromatic N) is 1. The predicted octanol–water partition coefficient (Wildman–Crippen LogP) is 2.98. The van der Waals surface area contributed by atoms with Crippen molar-refractivity contribution >= 4 is 39.1 Å². The van der Waals surface area contributed by atoms with E-state index in [9.17, 15) is 22.8 Å². The van der Waals surface area contributed by atoms with Crippen molar-refractivity contribution in [2.24, 2.45) is 0 Å². The molecule has 1 amide bonds. The number of alkyl halides is 3. The molecule has 10 heteroatoms. The van der Waals surface area contributed by atoms with Crippen LogP contribution >= 0.6 is 11.3 Å². The number of nitrogens with two attached hydrogens (primary N) is 1. The smallest absolute Gasteiger partial charge is 0.417 e. The van der Waals surface area contributed by atoms with E-state index >= 15 is 0 Å². The molecule has 0 fully saturated rings. The first-order valence-corrected chi connectivity index (χ1v) is 8.82. The zero-order valence-electron chi connectivity index (χ0n) is 13.6. The number of carbonyl (C=O) groups is 2. The van der Waals surface area contributed by atoms with Crippen molar-refractivity contribution < 1.29 is 27.9 Å². The van der Waals surface area contributed by atoms with Crippen LogP contribution in [0.25, 0.3) is 10.2 Å². The maximum atomic E-state index is 13.8. The van der Waals surface area contributed by atoms with Crippen LogP contribution in [0.1, 0.15) is 45.8 Å². The summed E-state index contributed by atoms with van der Waals surface area (Å²) in [5.41, 5.74) is 5.32. The highest BCUT2D eigenvalue weighted by Gasteiger charge is 2.39. The van der Waals surface area contributed by atoms with Gasteiger partial charge in [0.15, 0.2) is 0 Å². The second-order valence-corrected chi connectivity index (χ2v) is 7.07. The van der Waals surface area contributed by atoms with E-state index in [1.165, 1.54) is 0 Å². The normalized spacial score (nSPS) is 14.7. The monoisotopic (exact) mass is 387 g/mol. The molecule has 0 atom stereocenters. The third kappa shape index (κ3) is 3.33. The highest BCUT2D eigenvalue weighted by Crippen LogP contribution is 2.45. The fraction of sp³-hybridized carbons (Fsp3) is 0.438. The molecule has 1 aliphatic carbocycles. The summed E-state index contributed by atoms with van der Waals surface area (Å²) in [6.45, 7) is -0.650. The number of amides is 1. The Labute approximate surface area is 150 Å². The molecular formula is C16H16F3N3O3S. The number of nitrogens with one attached hydrogen (secondary N) is 1. The minimum atomic E-state index is -4.63. The zero-order valence-corrected chi connectivity index (χ0v) is 14.4. The Morgan fingerprint density at radius 3 is 2.58 bits per heavy atom. The van der Waals surface area contributed by atoms with E-state index in [0.717, 1.165) is 24.2 Å². The fourth-order valence-corrected chi connectivity index (χ4v) is 4.24. The van der Waals surface area contributed by atoms with Crippen molar-refractivity contribution in [2.45, 2.75) is 38.3 Å². The number of carboxylic acid groups (broad SMARTS) is 1. The zero-order chi connectivity index (χ0) is 19.1. The number of aryl methyl sites for hydroxylation is 1. The summed E-state index contributed by atoms with van der Waals surface area (Å²) in [6.07, 6.45) is -1.68. The largest absolute Gasteiger partial charge is 0.480 e. The van der Waals surface area contributed by atoms with E-state index in [1.54, 1.807) is 0 Å². The average molecular weight is 387 g/mol. The summed E-state index contributed by atoms with van der Waals surface area (Å²) < 4.78 is 41.5. The van der Waals surface area contributed by atoms with Crippen LogP contribution in [0.4, 0.5) is 18.9 Å². The predicted molar refractivity (Wildman–Crippen MR) is 90.3 cm³/mol. The molecule has 1 aliphatic rings. The first-order chi connectivity index (χ1) is 12.2. The molecule has 2 aromatic rings. The van der Waals surface area contributed by atoms with Gasteiger partial charge in [-0.05, 0) is 31.2 Å². The van der Waals surface area contributed by atoms with E-state index in [-0.39, 0.29) is 32.8 Å². The second-order valence-electron chi connectivity index (χ2n) is 6.07. The van der Waals surface area contributed by atoms with Crippen LogP contribution in [0.3, 0.4) is 0 Å². The van der Waals surface area contributed by atoms with Gasteiger partial charge in [0.1, 0.15) is 16.3 Å². The number of pyridine rings is 1. The number of halogens is 3. The summed E-state index contributed by atoms with van der Waals surface area (Å²) in [5, 5.41) is 10.5. The molecule has 0 unspecified atom stereocenters. The Hall–Kier alpha value is -2.36. The Balaban J connectivity index is 2.21. The molecule has 0 bridgehead atoms. The highest BCUT2D eigenvalue weighted by atomic mass is 32.1. The summed E-state index contributed by atoms with van der Waals surface area (Å²) in [4.78, 5) is 27.0. The van der Waals surface area contributed by atoms with Crippen LogP contribution in [0.2, 0.25) is 0 Å². The summed E-state index contributed by atoms with van der Waals surface area (Å²) in [7, 11) is 0. The van der Waals surface area contributed by atoms with Gasteiger partial charge in [0, 0.05) is 11.1 Å². The summed E-state index contributed by atoms with van der Waals surface area (Å²) in [6, 6.07) is 0. The first kappa shape index (κ1) is 18.4. The molecule has 4 N–H and O–H groups in total. The van der Waals surface area contributed by atoms with Gasteiger partial charge in [-0.2, -0.15) is 13.2 Å². The molecule has 0 spiro atoms. The Morgan fingerprint density at radius 2 is 1.92 bits per heavy atom. The molecule has 3 rings (SSSR count). The van der Waals surface area contributed by atoms with Gasteiger partial charge in [0.2, 0.25) is 0 Å².